The van der Waals surface area contributed by atoms with E-state index in [4.69, 9.17) is 5.73 Å². The number of amides is 1. The van der Waals surface area contributed by atoms with E-state index in [2.05, 4.69) is 5.32 Å². The van der Waals surface area contributed by atoms with Crippen LogP contribution in [-0.4, -0.2) is 25.2 Å². The quantitative estimate of drug-likeness (QED) is 0.730. The molecule has 0 spiro atoms. The summed E-state index contributed by atoms with van der Waals surface area (Å²) in [7, 11) is 0. The maximum Gasteiger partial charge on any atom is 0.390 e. The minimum atomic E-state index is -4.22. The van der Waals surface area contributed by atoms with Gasteiger partial charge in [0.15, 0.2) is 0 Å². The molecule has 0 saturated carbocycles. The van der Waals surface area contributed by atoms with Crippen LogP contribution in [0.15, 0.2) is 0 Å². The van der Waals surface area contributed by atoms with Gasteiger partial charge in [0.2, 0.25) is 5.91 Å². The number of alkyl halides is 3. The van der Waals surface area contributed by atoms with Crippen LogP contribution in [0, 0.1) is 11.8 Å². The molecule has 6 heteroatoms. The number of hydrogen-bond acceptors (Lipinski definition) is 2. The predicted octanol–water partition coefficient (Wildman–Crippen LogP) is 2.07. The molecule has 0 aliphatic heterocycles. The molecule has 1 unspecified atom stereocenters. The molecule has 1 amide bonds. The van der Waals surface area contributed by atoms with Crippen LogP contribution in [0.5, 0.6) is 0 Å². The van der Waals surface area contributed by atoms with Crippen LogP contribution >= 0.6 is 0 Å². The molecule has 3 nitrogen and oxygen atoms in total. The second kappa shape index (κ2) is 7.53. The second-order valence-electron chi connectivity index (χ2n) is 4.65. The monoisotopic (exact) mass is 254 g/mol. The number of nitrogens with two attached hydrogens (primary N) is 1. The van der Waals surface area contributed by atoms with Crippen molar-refractivity contribution in [2.24, 2.45) is 17.6 Å². The largest absolute Gasteiger partial charge is 0.390 e. The minimum Gasteiger partial charge on any atom is -0.356 e. The van der Waals surface area contributed by atoms with Gasteiger partial charge in [0, 0.05) is 13.0 Å². The average molecular weight is 254 g/mol. The van der Waals surface area contributed by atoms with Crippen molar-refractivity contribution in [3.05, 3.63) is 0 Å². The summed E-state index contributed by atoms with van der Waals surface area (Å²) in [4.78, 5) is 11.3. The first-order valence-electron chi connectivity index (χ1n) is 5.78. The normalized spacial score (nSPS) is 13.8. The van der Waals surface area contributed by atoms with E-state index in [0.717, 1.165) is 6.42 Å². The van der Waals surface area contributed by atoms with Gasteiger partial charge in [-0.3, -0.25) is 4.79 Å². The van der Waals surface area contributed by atoms with Gasteiger partial charge < -0.3 is 11.1 Å². The molecule has 102 valence electrons. The van der Waals surface area contributed by atoms with E-state index in [1.54, 1.807) is 0 Å². The lowest BCUT2D eigenvalue weighted by atomic mass is 9.94. The summed E-state index contributed by atoms with van der Waals surface area (Å²) in [5.41, 5.74) is 5.51. The molecule has 0 aliphatic rings. The number of nitrogens with one attached hydrogen (secondary N) is 1. The summed E-state index contributed by atoms with van der Waals surface area (Å²) in [6.45, 7) is 4.06. The van der Waals surface area contributed by atoms with Crippen LogP contribution in [0.2, 0.25) is 0 Å². The highest BCUT2D eigenvalue weighted by atomic mass is 19.4. The zero-order valence-electron chi connectivity index (χ0n) is 10.3. The Morgan fingerprint density at radius 3 is 2.35 bits per heavy atom. The number of carbonyl (C=O) groups excluding carboxylic acids is 1. The van der Waals surface area contributed by atoms with Gasteiger partial charge >= 0.3 is 6.18 Å². The molecule has 0 fully saturated rings. The van der Waals surface area contributed by atoms with E-state index in [1.807, 2.05) is 13.8 Å². The van der Waals surface area contributed by atoms with Crippen LogP contribution < -0.4 is 11.1 Å². The first-order chi connectivity index (χ1) is 7.74. The Kier molecular flexibility index (Phi) is 7.18. The Balaban J connectivity index is 3.83. The van der Waals surface area contributed by atoms with E-state index in [1.165, 1.54) is 0 Å². The van der Waals surface area contributed by atoms with Crippen molar-refractivity contribution in [2.45, 2.75) is 39.3 Å². The molecule has 0 saturated heterocycles. The third kappa shape index (κ3) is 10.1. The van der Waals surface area contributed by atoms with Crippen molar-refractivity contribution >= 4 is 5.91 Å². The summed E-state index contributed by atoms with van der Waals surface area (Å²) < 4.78 is 35.5. The van der Waals surface area contributed by atoms with Crippen molar-refractivity contribution in [3.8, 4) is 0 Å². The molecular formula is C11H21F3N2O. The molecule has 0 aliphatic carbocycles. The molecule has 1 atom stereocenters. The molecule has 0 bridgehead atoms. The molecule has 3 N–H and O–H groups in total. The van der Waals surface area contributed by atoms with Crippen LogP contribution in [0.25, 0.3) is 0 Å². The SMILES string of the molecule is CC(C)CC(CN)CC(=O)NCCC(F)(F)F. The number of halogens is 3. The van der Waals surface area contributed by atoms with E-state index in [0.29, 0.717) is 12.5 Å². The van der Waals surface area contributed by atoms with E-state index in [9.17, 15) is 18.0 Å². The third-order valence-corrected chi connectivity index (χ3v) is 2.34. The average Bonchev–Trinajstić information content (AvgIpc) is 2.13. The van der Waals surface area contributed by atoms with Crippen LogP contribution in [0.1, 0.15) is 33.1 Å². The second-order valence-corrected chi connectivity index (χ2v) is 4.65. The van der Waals surface area contributed by atoms with Gasteiger partial charge in [-0.1, -0.05) is 13.8 Å². The maximum absolute atomic E-state index is 11.8. The number of rotatable bonds is 7. The molecule has 0 heterocycles. The van der Waals surface area contributed by atoms with Gasteiger partial charge in [-0.15, -0.1) is 0 Å². The fourth-order valence-corrected chi connectivity index (χ4v) is 1.61. The van der Waals surface area contributed by atoms with Gasteiger partial charge in [-0.2, -0.15) is 13.2 Å². The van der Waals surface area contributed by atoms with Crippen molar-refractivity contribution in [1.29, 1.82) is 0 Å². The first-order valence-corrected chi connectivity index (χ1v) is 5.78. The number of hydrogen-bond donors (Lipinski definition) is 2. The Morgan fingerprint density at radius 2 is 1.94 bits per heavy atom. The van der Waals surface area contributed by atoms with Gasteiger partial charge in [0.25, 0.3) is 0 Å². The summed E-state index contributed by atoms with van der Waals surface area (Å²) in [5, 5.41) is 2.26. The highest BCUT2D eigenvalue weighted by molar-refractivity contribution is 5.76. The standard InChI is InChI=1S/C11H21F3N2O/c1-8(2)5-9(7-15)6-10(17)16-4-3-11(12,13)14/h8-9H,3-7,15H2,1-2H3,(H,16,17). The summed E-state index contributed by atoms with van der Waals surface area (Å²) in [5.74, 6) is 0.109. The zero-order valence-corrected chi connectivity index (χ0v) is 10.3. The Hall–Kier alpha value is -0.780. The summed E-state index contributed by atoms with van der Waals surface area (Å²) in [6, 6.07) is 0. The van der Waals surface area contributed by atoms with Crippen molar-refractivity contribution in [3.63, 3.8) is 0 Å². The third-order valence-electron chi connectivity index (χ3n) is 2.34. The van der Waals surface area contributed by atoms with Crippen molar-refractivity contribution < 1.29 is 18.0 Å². The topological polar surface area (TPSA) is 55.1 Å². The highest BCUT2D eigenvalue weighted by Crippen LogP contribution is 2.18. The molecule has 0 radical (unpaired) electrons. The maximum atomic E-state index is 11.8. The van der Waals surface area contributed by atoms with E-state index < -0.39 is 12.6 Å². The van der Waals surface area contributed by atoms with Crippen LogP contribution in [0.4, 0.5) is 13.2 Å². The molecule has 0 aromatic heterocycles. The lowest BCUT2D eigenvalue weighted by Gasteiger charge is -2.16. The smallest absolute Gasteiger partial charge is 0.356 e. The lowest BCUT2D eigenvalue weighted by Crippen LogP contribution is -2.31. The van der Waals surface area contributed by atoms with Gasteiger partial charge in [0.05, 0.1) is 6.42 Å². The van der Waals surface area contributed by atoms with Crippen LogP contribution in [-0.2, 0) is 4.79 Å². The Morgan fingerprint density at radius 1 is 1.35 bits per heavy atom. The Bertz CT molecular complexity index is 229. The minimum absolute atomic E-state index is 0.0425. The fraction of sp³-hybridized carbons (Fsp3) is 0.909. The van der Waals surface area contributed by atoms with Gasteiger partial charge in [0.1, 0.15) is 0 Å². The van der Waals surface area contributed by atoms with Gasteiger partial charge in [-0.25, -0.2) is 0 Å². The molecule has 17 heavy (non-hydrogen) atoms. The molecule has 0 aromatic rings. The summed E-state index contributed by atoms with van der Waals surface area (Å²) in [6.07, 6.45) is -4.20. The predicted molar refractivity (Wildman–Crippen MR) is 60.3 cm³/mol. The fourth-order valence-electron chi connectivity index (χ4n) is 1.61. The highest BCUT2D eigenvalue weighted by Gasteiger charge is 2.26. The zero-order chi connectivity index (χ0) is 13.5. The van der Waals surface area contributed by atoms with Gasteiger partial charge in [-0.05, 0) is 24.8 Å². The molecule has 0 aromatic carbocycles. The lowest BCUT2D eigenvalue weighted by molar-refractivity contribution is -0.135. The molecule has 0 rings (SSSR count). The number of carbonyl (C=O) groups is 1. The van der Waals surface area contributed by atoms with E-state index in [-0.39, 0.29) is 24.8 Å². The Labute approximate surface area is 99.9 Å². The first kappa shape index (κ1) is 16.2. The van der Waals surface area contributed by atoms with Crippen molar-refractivity contribution in [2.75, 3.05) is 13.1 Å². The van der Waals surface area contributed by atoms with E-state index >= 15 is 0 Å². The summed E-state index contributed by atoms with van der Waals surface area (Å²) >= 11 is 0. The van der Waals surface area contributed by atoms with Crippen LogP contribution in [0.3, 0.4) is 0 Å². The molecular weight excluding hydrogens is 233 g/mol. The van der Waals surface area contributed by atoms with Crippen molar-refractivity contribution in [1.82, 2.24) is 5.32 Å².